The maximum atomic E-state index is 13.2. The second-order valence-electron chi connectivity index (χ2n) is 6.82. The van der Waals surface area contributed by atoms with Gasteiger partial charge >= 0.3 is 6.18 Å². The van der Waals surface area contributed by atoms with E-state index in [1.165, 1.54) is 4.90 Å². The second-order valence-corrected chi connectivity index (χ2v) is 6.82. The van der Waals surface area contributed by atoms with Crippen LogP contribution in [-0.4, -0.2) is 61.8 Å². The number of aromatic nitrogens is 2. The number of alkyl halides is 3. The molecule has 154 valence electrons. The Balaban J connectivity index is 1.83. The maximum absolute atomic E-state index is 13.2. The van der Waals surface area contributed by atoms with Crippen molar-refractivity contribution in [3.8, 4) is 0 Å². The number of morpholine rings is 1. The first-order valence-corrected chi connectivity index (χ1v) is 8.99. The molecule has 0 saturated carbocycles. The van der Waals surface area contributed by atoms with Gasteiger partial charge in [0.25, 0.3) is 0 Å². The summed E-state index contributed by atoms with van der Waals surface area (Å²) in [5.74, 6) is 1.63. The number of rotatable bonds is 6. The Morgan fingerprint density at radius 1 is 1.21 bits per heavy atom. The molecule has 0 spiro atoms. The van der Waals surface area contributed by atoms with Gasteiger partial charge in [0.2, 0.25) is 5.95 Å². The Morgan fingerprint density at radius 2 is 1.93 bits per heavy atom. The maximum Gasteiger partial charge on any atom is 0.433 e. The van der Waals surface area contributed by atoms with Crippen molar-refractivity contribution < 1.29 is 22.3 Å². The van der Waals surface area contributed by atoms with Crippen LogP contribution in [0.15, 0.2) is 22.6 Å². The lowest BCUT2D eigenvalue weighted by molar-refractivity contribution is -0.141. The minimum atomic E-state index is -4.55. The SMILES string of the molecule is Cc1ccc(C(CNc2nc(N(C)C)cc(C(F)(F)F)n2)N2CCOCC2)o1. The summed E-state index contributed by atoms with van der Waals surface area (Å²) in [6.07, 6.45) is -4.55. The lowest BCUT2D eigenvalue weighted by Gasteiger charge is -2.33. The van der Waals surface area contributed by atoms with Gasteiger partial charge in [-0.25, -0.2) is 4.98 Å². The third kappa shape index (κ3) is 4.93. The Morgan fingerprint density at radius 3 is 2.50 bits per heavy atom. The van der Waals surface area contributed by atoms with E-state index in [0.29, 0.717) is 32.8 Å². The number of anilines is 2. The summed E-state index contributed by atoms with van der Waals surface area (Å²) in [4.78, 5) is 11.5. The van der Waals surface area contributed by atoms with Crippen molar-refractivity contribution in [3.05, 3.63) is 35.4 Å². The third-order valence-electron chi connectivity index (χ3n) is 4.49. The van der Waals surface area contributed by atoms with Crippen LogP contribution in [-0.2, 0) is 10.9 Å². The third-order valence-corrected chi connectivity index (χ3v) is 4.49. The van der Waals surface area contributed by atoms with Crippen molar-refractivity contribution in [2.45, 2.75) is 19.1 Å². The standard InChI is InChI=1S/C18H24F3N5O2/c1-12-4-5-14(28-12)13(26-6-8-27-9-7-26)11-22-17-23-15(18(19,20)21)10-16(24-17)25(2)3/h4-5,10,13H,6-9,11H2,1-3H3,(H,22,23,24). The van der Waals surface area contributed by atoms with E-state index >= 15 is 0 Å². The number of hydrogen-bond acceptors (Lipinski definition) is 7. The second kappa shape index (κ2) is 8.36. The quantitative estimate of drug-likeness (QED) is 0.801. The average Bonchev–Trinajstić information content (AvgIpc) is 3.08. The number of furan rings is 1. The molecule has 1 fully saturated rings. The Labute approximate surface area is 161 Å². The zero-order valence-corrected chi connectivity index (χ0v) is 16.1. The lowest BCUT2D eigenvalue weighted by atomic mass is 10.1. The number of nitrogens with one attached hydrogen (secondary N) is 1. The molecule has 0 amide bonds. The average molecular weight is 399 g/mol. The van der Waals surface area contributed by atoms with Crippen molar-refractivity contribution in [2.75, 3.05) is 57.2 Å². The molecule has 1 unspecified atom stereocenters. The van der Waals surface area contributed by atoms with Crippen molar-refractivity contribution in [1.82, 2.24) is 14.9 Å². The number of halogens is 3. The molecule has 0 radical (unpaired) electrons. The van der Waals surface area contributed by atoms with Crippen LogP contribution < -0.4 is 10.2 Å². The molecule has 10 heteroatoms. The van der Waals surface area contributed by atoms with Crippen LogP contribution in [0.1, 0.15) is 23.3 Å². The van der Waals surface area contributed by atoms with Gasteiger partial charge in [0.15, 0.2) is 5.69 Å². The van der Waals surface area contributed by atoms with Crippen LogP contribution in [0.2, 0.25) is 0 Å². The summed E-state index contributed by atoms with van der Waals surface area (Å²) in [6.45, 7) is 4.77. The fraction of sp³-hybridized carbons (Fsp3) is 0.556. The molecule has 3 rings (SSSR count). The summed E-state index contributed by atoms with van der Waals surface area (Å²) in [7, 11) is 3.27. The Bertz CT molecular complexity index is 788. The fourth-order valence-electron chi connectivity index (χ4n) is 3.01. The van der Waals surface area contributed by atoms with Gasteiger partial charge in [-0.15, -0.1) is 0 Å². The van der Waals surface area contributed by atoms with Crippen LogP contribution in [0.3, 0.4) is 0 Å². The van der Waals surface area contributed by atoms with Gasteiger partial charge in [0.1, 0.15) is 17.3 Å². The molecule has 7 nitrogen and oxygen atoms in total. The molecule has 28 heavy (non-hydrogen) atoms. The first-order chi connectivity index (χ1) is 13.2. The predicted octanol–water partition coefficient (Wildman–Crippen LogP) is 2.95. The number of ether oxygens (including phenoxy) is 1. The van der Waals surface area contributed by atoms with Gasteiger partial charge in [-0.05, 0) is 19.1 Å². The largest absolute Gasteiger partial charge is 0.465 e. The fourth-order valence-corrected chi connectivity index (χ4v) is 3.01. The normalized spacial score (nSPS) is 16.8. The van der Waals surface area contributed by atoms with E-state index in [4.69, 9.17) is 9.15 Å². The van der Waals surface area contributed by atoms with E-state index in [-0.39, 0.29) is 17.8 Å². The van der Waals surface area contributed by atoms with Crippen molar-refractivity contribution in [1.29, 1.82) is 0 Å². The highest BCUT2D eigenvalue weighted by molar-refractivity contribution is 5.44. The Kier molecular flexibility index (Phi) is 6.09. The van der Waals surface area contributed by atoms with E-state index in [1.807, 2.05) is 19.1 Å². The van der Waals surface area contributed by atoms with Crippen molar-refractivity contribution in [2.24, 2.45) is 0 Å². The monoisotopic (exact) mass is 399 g/mol. The van der Waals surface area contributed by atoms with Gasteiger partial charge < -0.3 is 19.4 Å². The first kappa shape index (κ1) is 20.4. The predicted molar refractivity (Wildman–Crippen MR) is 98.4 cm³/mol. The molecule has 0 aromatic carbocycles. The molecular formula is C18H24F3N5O2. The van der Waals surface area contributed by atoms with E-state index in [9.17, 15) is 13.2 Å². The highest BCUT2D eigenvalue weighted by atomic mass is 19.4. The van der Waals surface area contributed by atoms with Crippen LogP contribution in [0.5, 0.6) is 0 Å². The van der Waals surface area contributed by atoms with Crippen LogP contribution in [0, 0.1) is 6.92 Å². The molecule has 1 aliphatic heterocycles. The first-order valence-electron chi connectivity index (χ1n) is 8.99. The minimum Gasteiger partial charge on any atom is -0.465 e. The number of nitrogens with zero attached hydrogens (tertiary/aromatic N) is 4. The molecule has 0 bridgehead atoms. The van der Waals surface area contributed by atoms with E-state index in [1.54, 1.807) is 14.1 Å². The summed E-state index contributed by atoms with van der Waals surface area (Å²) >= 11 is 0. The van der Waals surface area contributed by atoms with Crippen LogP contribution in [0.4, 0.5) is 24.9 Å². The molecule has 1 aliphatic rings. The van der Waals surface area contributed by atoms with E-state index in [0.717, 1.165) is 17.6 Å². The molecule has 1 atom stereocenters. The summed E-state index contributed by atoms with van der Waals surface area (Å²) < 4.78 is 50.8. The zero-order chi connectivity index (χ0) is 20.3. The molecule has 1 saturated heterocycles. The molecular weight excluding hydrogens is 375 g/mol. The molecule has 0 aliphatic carbocycles. The number of hydrogen-bond donors (Lipinski definition) is 1. The minimum absolute atomic E-state index is 0.0694. The van der Waals surface area contributed by atoms with E-state index in [2.05, 4.69) is 20.2 Å². The van der Waals surface area contributed by atoms with Gasteiger partial charge in [-0.1, -0.05) is 0 Å². The molecule has 2 aromatic heterocycles. The topological polar surface area (TPSA) is 66.7 Å². The Hall–Kier alpha value is -2.33. The molecule has 2 aromatic rings. The van der Waals surface area contributed by atoms with Crippen LogP contribution >= 0.6 is 0 Å². The lowest BCUT2D eigenvalue weighted by Crippen LogP contribution is -2.41. The highest BCUT2D eigenvalue weighted by Crippen LogP contribution is 2.30. The highest BCUT2D eigenvalue weighted by Gasteiger charge is 2.34. The summed E-state index contributed by atoms with van der Waals surface area (Å²) in [5.41, 5.74) is -0.981. The van der Waals surface area contributed by atoms with Gasteiger partial charge in [-0.2, -0.15) is 18.2 Å². The van der Waals surface area contributed by atoms with Gasteiger partial charge in [-0.3, -0.25) is 4.90 Å². The van der Waals surface area contributed by atoms with E-state index < -0.39 is 11.9 Å². The zero-order valence-electron chi connectivity index (χ0n) is 16.1. The summed E-state index contributed by atoms with van der Waals surface area (Å²) in [5, 5.41) is 2.97. The molecule has 1 N–H and O–H groups in total. The van der Waals surface area contributed by atoms with Gasteiger partial charge in [0, 0.05) is 39.8 Å². The summed E-state index contributed by atoms with van der Waals surface area (Å²) in [6, 6.07) is 4.52. The number of aryl methyl sites for hydroxylation is 1. The van der Waals surface area contributed by atoms with Crippen molar-refractivity contribution in [3.63, 3.8) is 0 Å². The van der Waals surface area contributed by atoms with Gasteiger partial charge in [0.05, 0.1) is 19.3 Å². The smallest absolute Gasteiger partial charge is 0.433 e. The van der Waals surface area contributed by atoms with Crippen LogP contribution in [0.25, 0.3) is 0 Å². The van der Waals surface area contributed by atoms with Crippen molar-refractivity contribution >= 4 is 11.8 Å². The molecule has 3 heterocycles.